The second-order valence-corrected chi connectivity index (χ2v) is 3.88. The fourth-order valence-electron chi connectivity index (χ4n) is 2.11. The molecule has 2 fully saturated rings. The summed E-state index contributed by atoms with van der Waals surface area (Å²) in [5.41, 5.74) is 0. The third-order valence-electron chi connectivity index (χ3n) is 2.91. The Balaban J connectivity index is 2.02. The summed E-state index contributed by atoms with van der Waals surface area (Å²) in [7, 11) is 0. The van der Waals surface area contributed by atoms with Crippen LogP contribution in [0.2, 0.25) is 0 Å². The highest BCUT2D eigenvalue weighted by atomic mass is 16.5. The van der Waals surface area contributed by atoms with Gasteiger partial charge in [-0.05, 0) is 12.8 Å². The SMILES string of the molecule is CC1CC2COCCC2NC1=O. The third kappa shape index (κ3) is 1.33. The topological polar surface area (TPSA) is 38.3 Å². The summed E-state index contributed by atoms with van der Waals surface area (Å²) in [6, 6.07) is 0.391. The first-order valence-electron chi connectivity index (χ1n) is 4.65. The van der Waals surface area contributed by atoms with Crippen LogP contribution in [0.25, 0.3) is 0 Å². The van der Waals surface area contributed by atoms with Gasteiger partial charge in [0, 0.05) is 24.5 Å². The van der Waals surface area contributed by atoms with E-state index < -0.39 is 0 Å². The van der Waals surface area contributed by atoms with Crippen LogP contribution in [0, 0.1) is 11.8 Å². The maximum atomic E-state index is 11.3. The molecule has 0 aromatic heterocycles. The Hall–Kier alpha value is -0.570. The lowest BCUT2D eigenvalue weighted by Crippen LogP contribution is -2.52. The van der Waals surface area contributed by atoms with Crippen molar-refractivity contribution in [3.63, 3.8) is 0 Å². The van der Waals surface area contributed by atoms with Gasteiger partial charge in [-0.3, -0.25) is 4.79 Å². The van der Waals surface area contributed by atoms with Crippen molar-refractivity contribution >= 4 is 5.91 Å². The second kappa shape index (κ2) is 3.05. The van der Waals surface area contributed by atoms with E-state index in [1.165, 1.54) is 0 Å². The molecule has 3 nitrogen and oxygen atoms in total. The van der Waals surface area contributed by atoms with Crippen molar-refractivity contribution in [2.45, 2.75) is 25.8 Å². The highest BCUT2D eigenvalue weighted by molar-refractivity contribution is 5.79. The molecule has 3 unspecified atom stereocenters. The molecule has 1 N–H and O–H groups in total. The molecular weight excluding hydrogens is 154 g/mol. The predicted molar refractivity (Wildman–Crippen MR) is 44.6 cm³/mol. The number of fused-ring (bicyclic) bond motifs is 1. The molecule has 3 heteroatoms. The summed E-state index contributed by atoms with van der Waals surface area (Å²) in [6.45, 7) is 3.62. The molecule has 0 spiro atoms. The lowest BCUT2D eigenvalue weighted by molar-refractivity contribution is -0.131. The standard InChI is InChI=1S/C9H15NO2/c1-6-4-7-5-12-3-2-8(7)10-9(6)11/h6-8H,2-5H2,1H3,(H,10,11). The van der Waals surface area contributed by atoms with Crippen molar-refractivity contribution in [2.75, 3.05) is 13.2 Å². The Morgan fingerprint density at radius 2 is 2.42 bits per heavy atom. The number of carbonyl (C=O) groups is 1. The summed E-state index contributed by atoms with van der Waals surface area (Å²) in [5, 5.41) is 3.05. The molecule has 2 rings (SSSR count). The zero-order chi connectivity index (χ0) is 8.55. The first-order chi connectivity index (χ1) is 5.77. The van der Waals surface area contributed by atoms with Crippen LogP contribution in [-0.4, -0.2) is 25.2 Å². The van der Waals surface area contributed by atoms with E-state index >= 15 is 0 Å². The van der Waals surface area contributed by atoms with Crippen LogP contribution in [0.4, 0.5) is 0 Å². The Labute approximate surface area is 72.5 Å². The molecular formula is C9H15NO2. The number of piperidine rings is 1. The minimum atomic E-state index is 0.174. The Kier molecular flexibility index (Phi) is 2.05. The van der Waals surface area contributed by atoms with E-state index in [1.54, 1.807) is 0 Å². The highest BCUT2D eigenvalue weighted by Crippen LogP contribution is 2.26. The van der Waals surface area contributed by atoms with Gasteiger partial charge in [0.25, 0.3) is 0 Å². The second-order valence-electron chi connectivity index (χ2n) is 3.88. The minimum absolute atomic E-state index is 0.174. The zero-order valence-corrected chi connectivity index (χ0v) is 7.38. The first-order valence-corrected chi connectivity index (χ1v) is 4.65. The fourth-order valence-corrected chi connectivity index (χ4v) is 2.11. The molecule has 1 amide bonds. The van der Waals surface area contributed by atoms with Crippen LogP contribution in [-0.2, 0) is 9.53 Å². The Morgan fingerprint density at radius 3 is 3.25 bits per heavy atom. The smallest absolute Gasteiger partial charge is 0.223 e. The van der Waals surface area contributed by atoms with E-state index in [1.807, 2.05) is 6.92 Å². The summed E-state index contributed by atoms with van der Waals surface area (Å²) in [4.78, 5) is 11.3. The van der Waals surface area contributed by atoms with Crippen LogP contribution in [0.5, 0.6) is 0 Å². The van der Waals surface area contributed by atoms with E-state index in [9.17, 15) is 4.79 Å². The molecule has 0 radical (unpaired) electrons. The van der Waals surface area contributed by atoms with Gasteiger partial charge in [0.2, 0.25) is 5.91 Å². The van der Waals surface area contributed by atoms with Crippen molar-refractivity contribution < 1.29 is 9.53 Å². The number of ether oxygens (including phenoxy) is 1. The van der Waals surface area contributed by atoms with Gasteiger partial charge in [0.1, 0.15) is 0 Å². The number of carbonyl (C=O) groups excluding carboxylic acids is 1. The van der Waals surface area contributed by atoms with E-state index in [2.05, 4.69) is 5.32 Å². The largest absolute Gasteiger partial charge is 0.381 e. The monoisotopic (exact) mass is 169 g/mol. The van der Waals surface area contributed by atoms with Crippen molar-refractivity contribution in [3.05, 3.63) is 0 Å². The number of rotatable bonds is 0. The van der Waals surface area contributed by atoms with Gasteiger partial charge in [-0.1, -0.05) is 6.92 Å². The molecule has 0 saturated carbocycles. The average Bonchev–Trinajstić information content (AvgIpc) is 2.07. The summed E-state index contributed by atoms with van der Waals surface area (Å²) in [6.07, 6.45) is 1.99. The molecule has 2 heterocycles. The van der Waals surface area contributed by atoms with Crippen LogP contribution in [0.1, 0.15) is 19.8 Å². The summed E-state index contributed by atoms with van der Waals surface area (Å²) >= 11 is 0. The van der Waals surface area contributed by atoms with E-state index in [0.717, 1.165) is 26.1 Å². The van der Waals surface area contributed by atoms with Gasteiger partial charge in [0.15, 0.2) is 0 Å². The van der Waals surface area contributed by atoms with Crippen molar-refractivity contribution in [3.8, 4) is 0 Å². The molecule has 2 aliphatic heterocycles. The molecule has 0 aliphatic carbocycles. The van der Waals surface area contributed by atoms with Crippen molar-refractivity contribution in [1.82, 2.24) is 5.32 Å². The molecule has 68 valence electrons. The quantitative estimate of drug-likeness (QED) is 0.575. The molecule has 0 bridgehead atoms. The fraction of sp³-hybridized carbons (Fsp3) is 0.889. The maximum absolute atomic E-state index is 11.3. The zero-order valence-electron chi connectivity index (χ0n) is 7.38. The Morgan fingerprint density at radius 1 is 1.58 bits per heavy atom. The minimum Gasteiger partial charge on any atom is -0.381 e. The van der Waals surface area contributed by atoms with Gasteiger partial charge < -0.3 is 10.1 Å². The Bertz CT molecular complexity index is 193. The number of hydrogen-bond donors (Lipinski definition) is 1. The number of nitrogens with one attached hydrogen (secondary N) is 1. The van der Waals surface area contributed by atoms with Gasteiger partial charge in [-0.25, -0.2) is 0 Å². The van der Waals surface area contributed by atoms with Crippen LogP contribution < -0.4 is 5.32 Å². The normalized spacial score (nSPS) is 41.8. The van der Waals surface area contributed by atoms with Crippen LogP contribution >= 0.6 is 0 Å². The van der Waals surface area contributed by atoms with Crippen molar-refractivity contribution in [2.24, 2.45) is 11.8 Å². The third-order valence-corrected chi connectivity index (χ3v) is 2.91. The highest BCUT2D eigenvalue weighted by Gasteiger charge is 2.34. The summed E-state index contributed by atoms with van der Waals surface area (Å²) < 4.78 is 5.37. The average molecular weight is 169 g/mol. The van der Waals surface area contributed by atoms with Gasteiger partial charge >= 0.3 is 0 Å². The maximum Gasteiger partial charge on any atom is 0.223 e. The van der Waals surface area contributed by atoms with Gasteiger partial charge in [-0.15, -0.1) is 0 Å². The van der Waals surface area contributed by atoms with Gasteiger partial charge in [0.05, 0.1) is 6.61 Å². The lowest BCUT2D eigenvalue weighted by Gasteiger charge is -2.38. The van der Waals surface area contributed by atoms with E-state index in [0.29, 0.717) is 12.0 Å². The molecule has 2 aliphatic rings. The molecule has 0 aromatic carbocycles. The van der Waals surface area contributed by atoms with E-state index in [4.69, 9.17) is 4.74 Å². The van der Waals surface area contributed by atoms with Crippen LogP contribution in [0.3, 0.4) is 0 Å². The molecule has 2 saturated heterocycles. The van der Waals surface area contributed by atoms with Crippen LogP contribution in [0.15, 0.2) is 0 Å². The lowest BCUT2D eigenvalue weighted by atomic mass is 9.83. The predicted octanol–water partition coefficient (Wildman–Crippen LogP) is 0.547. The number of amides is 1. The molecule has 3 atom stereocenters. The molecule has 0 aromatic rings. The van der Waals surface area contributed by atoms with Crippen molar-refractivity contribution in [1.29, 1.82) is 0 Å². The van der Waals surface area contributed by atoms with E-state index in [-0.39, 0.29) is 11.8 Å². The van der Waals surface area contributed by atoms with Gasteiger partial charge in [-0.2, -0.15) is 0 Å². The first kappa shape index (κ1) is 8.05. The summed E-state index contributed by atoms with van der Waals surface area (Å²) in [5.74, 6) is 0.956. The molecule has 12 heavy (non-hydrogen) atoms. The number of hydrogen-bond acceptors (Lipinski definition) is 2.